The molecule has 27 heavy (non-hydrogen) atoms. The van der Waals surface area contributed by atoms with Gasteiger partial charge in [-0.25, -0.2) is 4.79 Å². The highest BCUT2D eigenvalue weighted by molar-refractivity contribution is 5.79. The number of nitrogens with zero attached hydrogens (tertiary/aromatic N) is 1. The van der Waals surface area contributed by atoms with Crippen molar-refractivity contribution in [2.75, 3.05) is 13.2 Å². The van der Waals surface area contributed by atoms with Crippen LogP contribution in [-0.2, 0) is 11.3 Å². The molecule has 3 rings (SSSR count). The van der Waals surface area contributed by atoms with Gasteiger partial charge in [-0.1, -0.05) is 18.2 Å². The van der Waals surface area contributed by atoms with E-state index in [1.807, 2.05) is 19.9 Å². The minimum Gasteiger partial charge on any atom is -0.493 e. The fourth-order valence-corrected chi connectivity index (χ4v) is 3.00. The number of fused-ring (bicyclic) bond motifs is 1. The number of ether oxygens (including phenoxy) is 1. The molecule has 0 aliphatic carbocycles. The predicted octanol–water partition coefficient (Wildman–Crippen LogP) is 3.11. The molecule has 1 aromatic heterocycles. The highest BCUT2D eigenvalue weighted by atomic mass is 16.5. The normalized spacial score (nSPS) is 10.9. The molecule has 2 aromatic carbocycles. The van der Waals surface area contributed by atoms with Gasteiger partial charge < -0.3 is 14.5 Å². The van der Waals surface area contributed by atoms with Crippen LogP contribution < -0.4 is 15.8 Å². The van der Waals surface area contributed by atoms with Crippen molar-refractivity contribution in [2.24, 2.45) is 0 Å². The van der Waals surface area contributed by atoms with Crippen LogP contribution in [0.25, 0.3) is 11.1 Å². The van der Waals surface area contributed by atoms with E-state index in [0.29, 0.717) is 30.7 Å². The zero-order chi connectivity index (χ0) is 19.4. The minimum absolute atomic E-state index is 0.0626. The Balaban J connectivity index is 1.48. The number of amides is 1. The topological polar surface area (TPSA) is 73.5 Å². The molecule has 0 spiro atoms. The number of nitrogens with one attached hydrogen (secondary N) is 1. The summed E-state index contributed by atoms with van der Waals surface area (Å²) in [5.74, 6) is 0.126. The van der Waals surface area contributed by atoms with Crippen LogP contribution in [0.2, 0.25) is 0 Å². The summed E-state index contributed by atoms with van der Waals surface area (Å²) < 4.78 is 12.3. The second-order valence-corrected chi connectivity index (χ2v) is 6.68. The van der Waals surface area contributed by atoms with E-state index in [2.05, 4.69) is 18.3 Å². The number of carbonyl (C=O) groups excluding carboxylic acids is 1. The molecule has 0 aliphatic rings. The highest BCUT2D eigenvalue weighted by Crippen LogP contribution is 2.23. The quantitative estimate of drug-likeness (QED) is 0.651. The number of carbonyl (C=O) groups is 1. The molecule has 1 amide bonds. The van der Waals surface area contributed by atoms with Gasteiger partial charge in [0.2, 0.25) is 5.91 Å². The first-order valence-electron chi connectivity index (χ1n) is 9.01. The highest BCUT2D eigenvalue weighted by Gasteiger charge is 2.12. The van der Waals surface area contributed by atoms with Crippen molar-refractivity contribution < 1.29 is 13.9 Å². The number of oxazole rings is 1. The van der Waals surface area contributed by atoms with Crippen LogP contribution in [0.4, 0.5) is 0 Å². The van der Waals surface area contributed by atoms with Gasteiger partial charge in [-0.15, -0.1) is 0 Å². The summed E-state index contributed by atoms with van der Waals surface area (Å²) in [6.45, 7) is 7.08. The summed E-state index contributed by atoms with van der Waals surface area (Å²) >= 11 is 0. The van der Waals surface area contributed by atoms with Crippen LogP contribution in [-0.4, -0.2) is 23.6 Å². The first-order chi connectivity index (χ1) is 13.0. The average molecular weight is 368 g/mol. The summed E-state index contributed by atoms with van der Waals surface area (Å²) in [5.41, 5.74) is 4.60. The van der Waals surface area contributed by atoms with Gasteiger partial charge in [-0.3, -0.25) is 9.36 Å². The van der Waals surface area contributed by atoms with Crippen molar-refractivity contribution in [3.05, 3.63) is 63.6 Å². The number of aryl methyl sites for hydroxylation is 2. The van der Waals surface area contributed by atoms with Gasteiger partial charge in [0.15, 0.2) is 5.58 Å². The Morgan fingerprint density at radius 1 is 1.19 bits per heavy atom. The summed E-state index contributed by atoms with van der Waals surface area (Å²) in [4.78, 5) is 24.0. The molecule has 0 radical (unpaired) electrons. The fourth-order valence-electron chi connectivity index (χ4n) is 3.00. The molecule has 0 unspecified atom stereocenters. The molecular formula is C21H24N2O4. The van der Waals surface area contributed by atoms with Gasteiger partial charge in [-0.2, -0.15) is 0 Å². The van der Waals surface area contributed by atoms with Gasteiger partial charge in [0.1, 0.15) is 12.3 Å². The first kappa shape index (κ1) is 18.8. The van der Waals surface area contributed by atoms with Gasteiger partial charge in [-0.05, 0) is 62.1 Å². The predicted molar refractivity (Wildman–Crippen MR) is 104 cm³/mol. The lowest BCUT2D eigenvalue weighted by atomic mass is 10.1. The number of hydrogen-bond acceptors (Lipinski definition) is 4. The third kappa shape index (κ3) is 4.39. The number of aromatic nitrogens is 1. The second-order valence-electron chi connectivity index (χ2n) is 6.68. The van der Waals surface area contributed by atoms with Crippen LogP contribution in [0.1, 0.15) is 23.1 Å². The lowest BCUT2D eigenvalue weighted by molar-refractivity contribution is -0.121. The summed E-state index contributed by atoms with van der Waals surface area (Å²) in [5, 5.41) is 2.82. The van der Waals surface area contributed by atoms with Crippen LogP contribution in [0.15, 0.2) is 45.6 Å². The van der Waals surface area contributed by atoms with Crippen molar-refractivity contribution >= 4 is 17.0 Å². The lowest BCUT2D eigenvalue weighted by Gasteiger charge is -2.12. The molecule has 0 aliphatic heterocycles. The molecule has 0 saturated carbocycles. The minimum atomic E-state index is -0.528. The van der Waals surface area contributed by atoms with Gasteiger partial charge >= 0.3 is 5.76 Å². The van der Waals surface area contributed by atoms with E-state index < -0.39 is 5.76 Å². The Morgan fingerprint density at radius 2 is 1.96 bits per heavy atom. The zero-order valence-electron chi connectivity index (χ0n) is 15.9. The summed E-state index contributed by atoms with van der Waals surface area (Å²) in [6, 6.07) is 11.2. The Bertz CT molecular complexity index is 1020. The van der Waals surface area contributed by atoms with Crippen LogP contribution >= 0.6 is 0 Å². The van der Waals surface area contributed by atoms with Crippen molar-refractivity contribution in [3.8, 4) is 5.75 Å². The van der Waals surface area contributed by atoms with Crippen molar-refractivity contribution in [2.45, 2.75) is 33.7 Å². The molecule has 3 aromatic rings. The molecular weight excluding hydrogens is 344 g/mol. The average Bonchev–Trinajstić information content (AvgIpc) is 2.94. The van der Waals surface area contributed by atoms with E-state index in [1.54, 1.807) is 24.3 Å². The second kappa shape index (κ2) is 8.12. The van der Waals surface area contributed by atoms with Crippen molar-refractivity contribution in [3.63, 3.8) is 0 Å². The van der Waals surface area contributed by atoms with Gasteiger partial charge in [0, 0.05) is 6.54 Å². The van der Waals surface area contributed by atoms with Gasteiger partial charge in [0.25, 0.3) is 0 Å². The smallest absolute Gasteiger partial charge is 0.420 e. The summed E-state index contributed by atoms with van der Waals surface area (Å²) in [7, 11) is 0. The Labute approximate surface area is 157 Å². The van der Waals surface area contributed by atoms with Crippen LogP contribution in [0.3, 0.4) is 0 Å². The monoisotopic (exact) mass is 368 g/mol. The number of benzene rings is 2. The van der Waals surface area contributed by atoms with Crippen LogP contribution in [0.5, 0.6) is 5.75 Å². The fraction of sp³-hybridized carbons (Fsp3) is 0.333. The molecule has 6 nitrogen and oxygen atoms in total. The molecule has 1 heterocycles. The SMILES string of the molecule is Cc1cc(C)c(C)c(OCCCNC(=O)Cn2c(=O)oc3ccccc32)c1. The van der Waals surface area contributed by atoms with Gasteiger partial charge in [0.05, 0.1) is 12.1 Å². The van der Waals surface area contributed by atoms with E-state index in [9.17, 15) is 9.59 Å². The molecule has 0 bridgehead atoms. The Morgan fingerprint density at radius 3 is 2.78 bits per heavy atom. The zero-order valence-corrected chi connectivity index (χ0v) is 15.9. The van der Waals surface area contributed by atoms with E-state index in [-0.39, 0.29) is 12.5 Å². The van der Waals surface area contributed by atoms with Crippen molar-refractivity contribution in [1.29, 1.82) is 0 Å². The van der Waals surface area contributed by atoms with E-state index >= 15 is 0 Å². The molecule has 0 fully saturated rings. The lowest BCUT2D eigenvalue weighted by Crippen LogP contribution is -2.31. The molecule has 0 atom stereocenters. The van der Waals surface area contributed by atoms with E-state index in [0.717, 1.165) is 11.3 Å². The number of hydrogen-bond donors (Lipinski definition) is 1. The number of para-hydroxylation sites is 2. The Kier molecular flexibility index (Phi) is 5.64. The molecule has 1 N–H and O–H groups in total. The molecule has 142 valence electrons. The Hall–Kier alpha value is -3.02. The maximum Gasteiger partial charge on any atom is 0.420 e. The number of rotatable bonds is 7. The maximum absolute atomic E-state index is 12.1. The largest absolute Gasteiger partial charge is 0.493 e. The summed E-state index contributed by atoms with van der Waals surface area (Å²) in [6.07, 6.45) is 0.680. The van der Waals surface area contributed by atoms with Crippen LogP contribution in [0, 0.1) is 20.8 Å². The molecule has 6 heteroatoms. The third-order valence-corrected chi connectivity index (χ3v) is 4.54. The maximum atomic E-state index is 12.1. The van der Waals surface area contributed by atoms with E-state index in [1.165, 1.54) is 15.7 Å². The first-order valence-corrected chi connectivity index (χ1v) is 9.01. The molecule has 0 saturated heterocycles. The standard InChI is InChI=1S/C21H24N2O4/c1-14-11-15(2)16(3)19(12-14)26-10-6-9-22-20(24)13-23-17-7-4-5-8-18(17)27-21(23)25/h4-5,7-8,11-12H,6,9-10,13H2,1-3H3,(H,22,24). The van der Waals surface area contributed by atoms with Crippen molar-refractivity contribution in [1.82, 2.24) is 9.88 Å². The van der Waals surface area contributed by atoms with E-state index in [4.69, 9.17) is 9.15 Å². The third-order valence-electron chi connectivity index (χ3n) is 4.54.